The molecule has 1 heterocycles. The van der Waals surface area contributed by atoms with E-state index in [1.807, 2.05) is 0 Å². The van der Waals surface area contributed by atoms with Crippen molar-refractivity contribution in [2.24, 2.45) is 0 Å². The molecule has 176 valence electrons. The van der Waals surface area contributed by atoms with Crippen molar-refractivity contribution in [3.05, 3.63) is 34.3 Å². The maximum atomic E-state index is 6.55. The maximum absolute atomic E-state index is 6.55. The van der Waals surface area contributed by atoms with Crippen molar-refractivity contribution in [2.75, 3.05) is 0 Å². The van der Waals surface area contributed by atoms with E-state index in [0.29, 0.717) is 3.93 Å². The van der Waals surface area contributed by atoms with Gasteiger partial charge in [-0.25, -0.2) is 0 Å². The SMILES string of the molecule is CCC[CH2][Sn]([CH2]CCC)([CH2]CCC)[C@H](CB1OC(C)(C)C(C)(C)O1)c1cccc(Br)c1. The molecule has 2 nitrogen and oxygen atoms in total. The molecule has 2 rings (SSSR count). The van der Waals surface area contributed by atoms with Gasteiger partial charge in [-0.05, 0) is 0 Å². The van der Waals surface area contributed by atoms with E-state index in [1.54, 1.807) is 0 Å². The van der Waals surface area contributed by atoms with Gasteiger partial charge in [0.1, 0.15) is 0 Å². The van der Waals surface area contributed by atoms with E-state index in [0.717, 1.165) is 6.32 Å². The van der Waals surface area contributed by atoms with E-state index in [2.05, 4.69) is 88.7 Å². The van der Waals surface area contributed by atoms with Crippen LogP contribution in [-0.4, -0.2) is 36.7 Å². The van der Waals surface area contributed by atoms with E-state index in [-0.39, 0.29) is 18.3 Å². The zero-order chi connectivity index (χ0) is 23.1. The second kappa shape index (κ2) is 12.3. The molecule has 0 amide bonds. The number of benzene rings is 1. The molecule has 1 aromatic carbocycles. The van der Waals surface area contributed by atoms with Crippen molar-refractivity contribution >= 4 is 41.4 Å². The first kappa shape index (κ1) is 27.7. The molecule has 0 bridgehead atoms. The second-order valence-corrected chi connectivity index (χ2v) is 25.7. The molecule has 5 heteroatoms. The number of hydrogen-bond donors (Lipinski definition) is 0. The van der Waals surface area contributed by atoms with Crippen LogP contribution in [0.15, 0.2) is 28.7 Å². The third-order valence-electron chi connectivity index (χ3n) is 7.81. The van der Waals surface area contributed by atoms with E-state index in [9.17, 15) is 0 Å². The molecule has 0 N–H and O–H groups in total. The number of rotatable bonds is 13. The molecular weight excluding hydrogens is 554 g/mol. The molecule has 1 fully saturated rings. The third kappa shape index (κ3) is 7.23. The fourth-order valence-electron chi connectivity index (χ4n) is 5.20. The van der Waals surface area contributed by atoms with Crippen LogP contribution >= 0.6 is 15.9 Å². The normalized spacial score (nSPS) is 19.0. The van der Waals surface area contributed by atoms with Crippen LogP contribution in [0.4, 0.5) is 0 Å². The second-order valence-electron chi connectivity index (χ2n) is 10.7. The van der Waals surface area contributed by atoms with E-state index >= 15 is 0 Å². The van der Waals surface area contributed by atoms with E-state index in [4.69, 9.17) is 9.31 Å². The number of halogens is 1. The van der Waals surface area contributed by atoms with Crippen LogP contribution in [0.1, 0.15) is 96.5 Å². The summed E-state index contributed by atoms with van der Waals surface area (Å²) in [6, 6.07) is 9.17. The van der Waals surface area contributed by atoms with Crippen molar-refractivity contribution in [2.45, 2.75) is 122 Å². The fourth-order valence-corrected chi connectivity index (χ4v) is 24.3. The Kier molecular flexibility index (Phi) is 11.0. The Morgan fingerprint density at radius 1 is 0.871 bits per heavy atom. The Morgan fingerprint density at radius 3 is 1.77 bits per heavy atom. The van der Waals surface area contributed by atoms with Crippen molar-refractivity contribution in [3.8, 4) is 0 Å². The van der Waals surface area contributed by atoms with Gasteiger partial charge in [-0.1, -0.05) is 0 Å². The van der Waals surface area contributed by atoms with Crippen LogP contribution in [-0.2, 0) is 9.31 Å². The predicted molar refractivity (Wildman–Crippen MR) is 143 cm³/mol. The molecule has 0 unspecified atom stereocenters. The van der Waals surface area contributed by atoms with Gasteiger partial charge in [-0.3, -0.25) is 0 Å². The van der Waals surface area contributed by atoms with Gasteiger partial charge < -0.3 is 0 Å². The third-order valence-corrected chi connectivity index (χ3v) is 25.7. The summed E-state index contributed by atoms with van der Waals surface area (Å²) in [5, 5.41) is 0. The molecule has 1 atom stereocenters. The molecule has 1 aliphatic heterocycles. The summed E-state index contributed by atoms with van der Waals surface area (Å²) in [5.74, 6) is 0. The average Bonchev–Trinajstić information content (AvgIpc) is 2.92. The first-order valence-electron chi connectivity index (χ1n) is 12.7. The minimum absolute atomic E-state index is 0.102. The Morgan fingerprint density at radius 2 is 1.35 bits per heavy atom. The van der Waals surface area contributed by atoms with Crippen LogP contribution in [0.25, 0.3) is 0 Å². The summed E-state index contributed by atoms with van der Waals surface area (Å²) in [5.41, 5.74) is 1.02. The quantitative estimate of drug-likeness (QED) is 0.211. The molecule has 0 radical (unpaired) electrons. The summed E-state index contributed by atoms with van der Waals surface area (Å²) in [6.45, 7) is 15.8. The Labute approximate surface area is 205 Å². The molecule has 31 heavy (non-hydrogen) atoms. The summed E-state index contributed by atoms with van der Waals surface area (Å²) >= 11 is 1.20. The molecular formula is C26H46BBrO2Sn. The summed E-state index contributed by atoms with van der Waals surface area (Å²) in [7, 11) is -0.102. The summed E-state index contributed by atoms with van der Waals surface area (Å²) < 4.78 is 19.5. The van der Waals surface area contributed by atoms with Gasteiger partial charge in [0.2, 0.25) is 0 Å². The van der Waals surface area contributed by atoms with Crippen LogP contribution < -0.4 is 0 Å². The van der Waals surface area contributed by atoms with Gasteiger partial charge >= 0.3 is 207 Å². The Balaban J connectivity index is 2.47. The molecule has 1 aliphatic rings. The summed E-state index contributed by atoms with van der Waals surface area (Å²) in [4.78, 5) is 0. The molecule has 0 saturated carbocycles. The van der Waals surface area contributed by atoms with Crippen molar-refractivity contribution in [1.29, 1.82) is 0 Å². The van der Waals surface area contributed by atoms with Gasteiger partial charge in [-0.2, -0.15) is 0 Å². The molecule has 0 aromatic heterocycles. The predicted octanol–water partition coefficient (Wildman–Crippen LogP) is 9.01. The molecule has 0 spiro atoms. The van der Waals surface area contributed by atoms with Crippen LogP contribution in [0.2, 0.25) is 19.6 Å². The Bertz CT molecular complexity index is 641. The van der Waals surface area contributed by atoms with Crippen molar-refractivity contribution in [1.82, 2.24) is 0 Å². The molecule has 1 saturated heterocycles. The Hall–Kier alpha value is 0.484. The first-order valence-corrected chi connectivity index (χ1v) is 21.2. The van der Waals surface area contributed by atoms with Crippen molar-refractivity contribution in [3.63, 3.8) is 0 Å². The van der Waals surface area contributed by atoms with Gasteiger partial charge in [0, 0.05) is 0 Å². The van der Waals surface area contributed by atoms with Gasteiger partial charge in [-0.15, -0.1) is 0 Å². The standard InChI is InChI=1S/C14H19BBrO2.3C4H9.Sn/c1-13(2)14(3,4)18-15(17-13)9-8-11-6-5-7-12(16)10-11;3*1-3-4-2;/h5-8,10H,9H2,1-4H3;3*1,3-4H2,2H3;. The van der Waals surface area contributed by atoms with Crippen LogP contribution in [0.5, 0.6) is 0 Å². The minimum atomic E-state index is -2.56. The zero-order valence-corrected chi connectivity index (χ0v) is 25.7. The van der Waals surface area contributed by atoms with E-state index < -0.39 is 18.4 Å². The molecule has 0 aliphatic carbocycles. The van der Waals surface area contributed by atoms with Crippen molar-refractivity contribution < 1.29 is 9.31 Å². The van der Waals surface area contributed by atoms with Gasteiger partial charge in [0.25, 0.3) is 0 Å². The zero-order valence-electron chi connectivity index (χ0n) is 21.2. The fraction of sp³-hybridized carbons (Fsp3) is 0.769. The summed E-state index contributed by atoms with van der Waals surface area (Å²) in [6.07, 6.45) is 9.10. The number of unbranched alkanes of at least 4 members (excludes halogenated alkanes) is 3. The topological polar surface area (TPSA) is 18.5 Å². The monoisotopic (exact) mass is 600 g/mol. The number of hydrogen-bond acceptors (Lipinski definition) is 2. The van der Waals surface area contributed by atoms with Crippen LogP contribution in [0.3, 0.4) is 0 Å². The van der Waals surface area contributed by atoms with Gasteiger partial charge in [0.15, 0.2) is 0 Å². The molecule has 1 aromatic rings. The van der Waals surface area contributed by atoms with Gasteiger partial charge in [0.05, 0.1) is 0 Å². The first-order chi connectivity index (χ1) is 14.6. The van der Waals surface area contributed by atoms with E-state index in [1.165, 1.54) is 61.9 Å². The average molecular weight is 600 g/mol. The van der Waals surface area contributed by atoms with Crippen LogP contribution in [0, 0.1) is 0 Å².